The first-order chi connectivity index (χ1) is 12.3. The first-order valence-corrected chi connectivity index (χ1v) is 9.01. The van der Waals surface area contributed by atoms with Crippen LogP contribution in [0.3, 0.4) is 0 Å². The number of benzene rings is 2. The summed E-state index contributed by atoms with van der Waals surface area (Å²) < 4.78 is 5.68. The van der Waals surface area contributed by atoms with Crippen molar-refractivity contribution in [3.63, 3.8) is 0 Å². The normalized spacial score (nSPS) is 12.3. The molecule has 0 heterocycles. The van der Waals surface area contributed by atoms with Crippen LogP contribution in [0.2, 0.25) is 0 Å². The Balaban J connectivity index is 2.14. The number of thiocarbonyl (C=S) groups is 1. The van der Waals surface area contributed by atoms with Crippen molar-refractivity contribution in [2.45, 2.75) is 38.8 Å². The average Bonchev–Trinajstić information content (AvgIpc) is 2.62. The molecule has 0 bridgehead atoms. The van der Waals surface area contributed by atoms with Crippen LogP contribution in [-0.2, 0) is 10.3 Å². The van der Waals surface area contributed by atoms with E-state index in [2.05, 4.69) is 12.1 Å². The van der Waals surface area contributed by atoms with Gasteiger partial charge < -0.3 is 14.7 Å². The van der Waals surface area contributed by atoms with Crippen LogP contribution in [0.1, 0.15) is 32.8 Å². The summed E-state index contributed by atoms with van der Waals surface area (Å²) in [5.41, 5.74) is 2.32. The second-order valence-electron chi connectivity index (χ2n) is 6.69. The summed E-state index contributed by atoms with van der Waals surface area (Å²) in [6.45, 7) is 5.54. The Bertz CT molecular complexity index is 757. The third kappa shape index (κ3) is 4.61. The van der Waals surface area contributed by atoms with Gasteiger partial charge in [0, 0.05) is 7.05 Å². The van der Waals surface area contributed by atoms with Crippen molar-refractivity contribution in [1.82, 2.24) is 4.90 Å². The number of aliphatic hydroxyl groups is 1. The third-order valence-electron chi connectivity index (χ3n) is 4.46. The highest BCUT2D eigenvalue weighted by Gasteiger charge is 2.30. The van der Waals surface area contributed by atoms with Gasteiger partial charge in [0.1, 0.15) is 11.6 Å². The molecule has 26 heavy (non-hydrogen) atoms. The number of ether oxygens (including phenoxy) is 1. The monoisotopic (exact) mass is 371 g/mol. The number of carbonyl (C=O) groups is 1. The Labute approximate surface area is 160 Å². The maximum atomic E-state index is 12.5. The van der Waals surface area contributed by atoms with Crippen LogP contribution >= 0.6 is 12.2 Å². The molecule has 0 aliphatic rings. The number of rotatable bonds is 6. The molecule has 0 saturated carbocycles. The van der Waals surface area contributed by atoms with Gasteiger partial charge in [-0.1, -0.05) is 61.5 Å². The number of aliphatic hydroxyl groups excluding tert-OH is 1. The molecule has 2 rings (SSSR count). The standard InChI is InChI=1S/C21H25NO3S/c1-5-18(19(23)26)22(4)20(24)25-21(2,3)17-13-11-16(12-14-17)15-9-7-6-8-10-15/h6-14,18H,5H2,1-4H3,(H,23,26). The van der Waals surface area contributed by atoms with Crippen molar-refractivity contribution in [2.24, 2.45) is 0 Å². The molecular formula is C21H25NO3S. The first-order valence-electron chi connectivity index (χ1n) is 8.61. The SMILES string of the molecule is CCC(C(O)=S)N(C)C(=O)OC(C)(C)c1ccc(-c2ccccc2)cc1. The van der Waals surface area contributed by atoms with E-state index in [1.165, 1.54) is 4.90 Å². The Morgan fingerprint density at radius 1 is 1.12 bits per heavy atom. The van der Waals surface area contributed by atoms with Crippen molar-refractivity contribution in [1.29, 1.82) is 0 Å². The molecule has 1 atom stereocenters. The molecule has 138 valence electrons. The van der Waals surface area contributed by atoms with Gasteiger partial charge in [0.15, 0.2) is 5.05 Å². The molecule has 4 nitrogen and oxygen atoms in total. The number of nitrogens with zero attached hydrogens (tertiary/aromatic N) is 1. The smallest absolute Gasteiger partial charge is 0.411 e. The molecule has 0 fully saturated rings. The molecule has 0 spiro atoms. The maximum absolute atomic E-state index is 12.5. The molecule has 0 aromatic heterocycles. The van der Waals surface area contributed by atoms with E-state index in [4.69, 9.17) is 17.0 Å². The highest BCUT2D eigenvalue weighted by atomic mass is 32.1. The van der Waals surface area contributed by atoms with Crippen molar-refractivity contribution < 1.29 is 14.6 Å². The van der Waals surface area contributed by atoms with Gasteiger partial charge in [0.05, 0.1) is 0 Å². The summed E-state index contributed by atoms with van der Waals surface area (Å²) in [6, 6.07) is 17.5. The van der Waals surface area contributed by atoms with Gasteiger partial charge in [0.2, 0.25) is 0 Å². The summed E-state index contributed by atoms with van der Waals surface area (Å²) in [5, 5.41) is 9.36. The largest absolute Gasteiger partial charge is 0.500 e. The summed E-state index contributed by atoms with van der Waals surface area (Å²) in [4.78, 5) is 13.8. The van der Waals surface area contributed by atoms with E-state index in [-0.39, 0.29) is 5.05 Å². The first kappa shape index (κ1) is 19.9. The summed E-state index contributed by atoms with van der Waals surface area (Å²) in [5.74, 6) is 0. The number of likely N-dealkylation sites (N-methyl/N-ethyl adjacent to an activating group) is 1. The predicted octanol–water partition coefficient (Wildman–Crippen LogP) is 5.32. The number of hydrogen-bond acceptors (Lipinski definition) is 3. The highest BCUT2D eigenvalue weighted by Crippen LogP contribution is 2.28. The van der Waals surface area contributed by atoms with Gasteiger partial charge >= 0.3 is 6.09 Å². The summed E-state index contributed by atoms with van der Waals surface area (Å²) in [7, 11) is 1.58. The van der Waals surface area contributed by atoms with Crippen LogP contribution in [-0.4, -0.2) is 34.2 Å². The molecule has 0 aliphatic heterocycles. The van der Waals surface area contributed by atoms with E-state index in [0.29, 0.717) is 6.42 Å². The zero-order valence-electron chi connectivity index (χ0n) is 15.6. The van der Waals surface area contributed by atoms with Crippen LogP contribution in [0.5, 0.6) is 0 Å². The second-order valence-corrected chi connectivity index (χ2v) is 7.11. The maximum Gasteiger partial charge on any atom is 0.411 e. The molecule has 0 radical (unpaired) electrons. The van der Waals surface area contributed by atoms with Crippen LogP contribution in [0.15, 0.2) is 54.6 Å². The van der Waals surface area contributed by atoms with Crippen molar-refractivity contribution >= 4 is 23.4 Å². The lowest BCUT2D eigenvalue weighted by Gasteiger charge is -2.31. The molecule has 1 unspecified atom stereocenters. The zero-order valence-corrected chi connectivity index (χ0v) is 16.4. The topological polar surface area (TPSA) is 49.8 Å². The minimum atomic E-state index is -0.810. The zero-order chi connectivity index (χ0) is 19.3. The molecule has 2 aromatic rings. The van der Waals surface area contributed by atoms with Crippen molar-refractivity contribution in [2.75, 3.05) is 7.05 Å². The fraction of sp³-hybridized carbons (Fsp3) is 0.333. The van der Waals surface area contributed by atoms with E-state index >= 15 is 0 Å². The average molecular weight is 372 g/mol. The van der Waals surface area contributed by atoms with E-state index in [1.807, 2.05) is 63.2 Å². The van der Waals surface area contributed by atoms with E-state index < -0.39 is 17.7 Å². The van der Waals surface area contributed by atoms with Crippen LogP contribution in [0.25, 0.3) is 11.1 Å². The number of amides is 1. The molecule has 1 amide bonds. The highest BCUT2D eigenvalue weighted by molar-refractivity contribution is 7.80. The molecule has 2 aromatic carbocycles. The number of carbonyl (C=O) groups excluding carboxylic acids is 1. The van der Waals surface area contributed by atoms with Crippen molar-refractivity contribution in [3.8, 4) is 11.1 Å². The van der Waals surface area contributed by atoms with Gasteiger partial charge in [-0.05, 0) is 49.2 Å². The lowest BCUT2D eigenvalue weighted by Crippen LogP contribution is -2.44. The fourth-order valence-electron chi connectivity index (χ4n) is 2.79. The lowest BCUT2D eigenvalue weighted by atomic mass is 9.95. The Morgan fingerprint density at radius 3 is 2.15 bits per heavy atom. The molecular weight excluding hydrogens is 346 g/mol. The van der Waals surface area contributed by atoms with Crippen LogP contribution in [0, 0.1) is 0 Å². The minimum absolute atomic E-state index is 0.211. The molecule has 0 saturated heterocycles. The second kappa shape index (κ2) is 8.32. The minimum Gasteiger partial charge on any atom is -0.500 e. The van der Waals surface area contributed by atoms with E-state index in [1.54, 1.807) is 7.05 Å². The Hall–Kier alpha value is -2.40. The van der Waals surface area contributed by atoms with Gasteiger partial charge in [0.25, 0.3) is 0 Å². The van der Waals surface area contributed by atoms with Crippen LogP contribution in [0.4, 0.5) is 4.79 Å². The fourth-order valence-corrected chi connectivity index (χ4v) is 3.11. The van der Waals surface area contributed by atoms with Gasteiger partial charge in [-0.3, -0.25) is 0 Å². The van der Waals surface area contributed by atoms with Crippen molar-refractivity contribution in [3.05, 3.63) is 60.2 Å². The van der Waals surface area contributed by atoms with Gasteiger partial charge in [-0.2, -0.15) is 0 Å². The van der Waals surface area contributed by atoms with E-state index in [9.17, 15) is 9.90 Å². The van der Waals surface area contributed by atoms with E-state index in [0.717, 1.165) is 16.7 Å². The number of hydrogen-bond donors (Lipinski definition) is 1. The molecule has 0 aliphatic carbocycles. The van der Waals surface area contributed by atoms with Gasteiger partial charge in [-0.25, -0.2) is 4.79 Å². The summed E-state index contributed by atoms with van der Waals surface area (Å²) in [6.07, 6.45) is -0.00182. The molecule has 1 N–H and O–H groups in total. The van der Waals surface area contributed by atoms with Crippen LogP contribution < -0.4 is 0 Å². The quantitative estimate of drug-likeness (QED) is 0.698. The third-order valence-corrected chi connectivity index (χ3v) is 4.73. The predicted molar refractivity (Wildman–Crippen MR) is 108 cm³/mol. The Morgan fingerprint density at radius 2 is 1.65 bits per heavy atom. The lowest BCUT2D eigenvalue weighted by molar-refractivity contribution is 0.0115. The molecule has 5 heteroatoms. The Kier molecular flexibility index (Phi) is 6.37. The summed E-state index contributed by atoms with van der Waals surface area (Å²) >= 11 is 4.81. The van der Waals surface area contributed by atoms with Gasteiger partial charge in [-0.15, -0.1) is 0 Å².